The maximum atomic E-state index is 11.0. The third kappa shape index (κ3) is 3.29. The summed E-state index contributed by atoms with van der Waals surface area (Å²) in [6, 6.07) is 0. The highest BCUT2D eigenvalue weighted by molar-refractivity contribution is 5.69. The maximum Gasteiger partial charge on any atom is 0.305 e. The van der Waals surface area contributed by atoms with E-state index in [1.165, 1.54) is 7.11 Å². The molecule has 3 heteroatoms. The normalized spacial score (nSPS) is 28.8. The fourth-order valence-corrected chi connectivity index (χ4v) is 2.15. The van der Waals surface area contributed by atoms with Crippen LogP contribution in [0.3, 0.4) is 0 Å². The molecular formula is C11H20O3. The summed E-state index contributed by atoms with van der Waals surface area (Å²) in [4.78, 5) is 11.0. The molecule has 0 spiro atoms. The molecule has 1 heterocycles. The quantitative estimate of drug-likeness (QED) is 0.651. The van der Waals surface area contributed by atoms with Crippen LogP contribution < -0.4 is 0 Å². The van der Waals surface area contributed by atoms with Crippen molar-refractivity contribution in [3.8, 4) is 0 Å². The van der Waals surface area contributed by atoms with Crippen molar-refractivity contribution < 1.29 is 14.3 Å². The number of hydrogen-bond acceptors (Lipinski definition) is 3. The molecule has 14 heavy (non-hydrogen) atoms. The highest BCUT2D eigenvalue weighted by Crippen LogP contribution is 2.35. The summed E-state index contributed by atoms with van der Waals surface area (Å²) in [6.45, 7) is 6.02. The number of carbonyl (C=O) groups excluding carboxylic acids is 1. The highest BCUT2D eigenvalue weighted by atomic mass is 16.5. The average Bonchev–Trinajstić information content (AvgIpc) is 2.51. The Morgan fingerprint density at radius 1 is 1.64 bits per heavy atom. The largest absolute Gasteiger partial charge is 0.469 e. The molecule has 82 valence electrons. The zero-order valence-electron chi connectivity index (χ0n) is 9.34. The molecule has 1 aliphatic rings. The zero-order chi connectivity index (χ0) is 10.6. The fourth-order valence-electron chi connectivity index (χ4n) is 2.15. The lowest BCUT2D eigenvalue weighted by Gasteiger charge is -2.25. The first-order valence-electron chi connectivity index (χ1n) is 5.20. The van der Waals surface area contributed by atoms with Crippen LogP contribution in [0, 0.1) is 11.3 Å². The monoisotopic (exact) mass is 200 g/mol. The first kappa shape index (κ1) is 11.5. The van der Waals surface area contributed by atoms with Gasteiger partial charge in [-0.1, -0.05) is 13.8 Å². The van der Waals surface area contributed by atoms with Gasteiger partial charge in [0.25, 0.3) is 0 Å². The third-order valence-electron chi connectivity index (χ3n) is 2.88. The molecule has 1 saturated heterocycles. The van der Waals surface area contributed by atoms with E-state index < -0.39 is 0 Å². The summed E-state index contributed by atoms with van der Waals surface area (Å²) in [5.41, 5.74) is 0.271. The van der Waals surface area contributed by atoms with Crippen molar-refractivity contribution in [2.45, 2.75) is 33.1 Å². The summed E-state index contributed by atoms with van der Waals surface area (Å²) in [5, 5.41) is 0. The minimum Gasteiger partial charge on any atom is -0.469 e. The van der Waals surface area contributed by atoms with Gasteiger partial charge in [0.15, 0.2) is 0 Å². The van der Waals surface area contributed by atoms with E-state index >= 15 is 0 Å². The molecule has 0 radical (unpaired) electrons. The van der Waals surface area contributed by atoms with Crippen LogP contribution in [0.25, 0.3) is 0 Å². The van der Waals surface area contributed by atoms with Crippen LogP contribution in [0.5, 0.6) is 0 Å². The number of esters is 1. The molecule has 0 aromatic carbocycles. The first-order chi connectivity index (χ1) is 6.56. The molecule has 0 bridgehead atoms. The zero-order valence-corrected chi connectivity index (χ0v) is 9.34. The number of carbonyl (C=O) groups is 1. The molecule has 0 amide bonds. The van der Waals surface area contributed by atoms with Crippen molar-refractivity contribution in [2.24, 2.45) is 11.3 Å². The summed E-state index contributed by atoms with van der Waals surface area (Å²) >= 11 is 0. The van der Waals surface area contributed by atoms with Gasteiger partial charge in [-0.05, 0) is 24.2 Å². The Kier molecular flexibility index (Phi) is 3.93. The van der Waals surface area contributed by atoms with Crippen LogP contribution >= 0.6 is 0 Å². The van der Waals surface area contributed by atoms with E-state index in [1.807, 2.05) is 0 Å². The number of ether oxygens (including phenoxy) is 2. The van der Waals surface area contributed by atoms with Crippen molar-refractivity contribution in [3.05, 3.63) is 0 Å². The van der Waals surface area contributed by atoms with Gasteiger partial charge in [-0.15, -0.1) is 0 Å². The van der Waals surface area contributed by atoms with Gasteiger partial charge in [0.1, 0.15) is 0 Å². The lowest BCUT2D eigenvalue weighted by molar-refractivity contribution is -0.141. The van der Waals surface area contributed by atoms with Gasteiger partial charge in [0.05, 0.1) is 13.7 Å². The van der Waals surface area contributed by atoms with E-state index in [2.05, 4.69) is 18.6 Å². The number of hydrogen-bond donors (Lipinski definition) is 0. The molecule has 0 aliphatic carbocycles. The van der Waals surface area contributed by atoms with Gasteiger partial charge >= 0.3 is 5.97 Å². The minimum absolute atomic E-state index is 0.111. The van der Waals surface area contributed by atoms with E-state index in [0.29, 0.717) is 12.3 Å². The van der Waals surface area contributed by atoms with Gasteiger partial charge in [0, 0.05) is 13.0 Å². The molecule has 1 fully saturated rings. The van der Waals surface area contributed by atoms with E-state index in [9.17, 15) is 4.79 Å². The molecule has 0 N–H and O–H groups in total. The molecular weight excluding hydrogens is 180 g/mol. The van der Waals surface area contributed by atoms with Gasteiger partial charge in [0.2, 0.25) is 0 Å². The minimum atomic E-state index is -0.111. The Morgan fingerprint density at radius 3 is 2.86 bits per heavy atom. The molecule has 0 aromatic heterocycles. The number of rotatable bonds is 4. The molecule has 0 saturated carbocycles. The lowest BCUT2D eigenvalue weighted by Crippen LogP contribution is -2.21. The Bertz CT molecular complexity index is 195. The third-order valence-corrected chi connectivity index (χ3v) is 2.88. The van der Waals surface area contributed by atoms with Crippen molar-refractivity contribution in [2.75, 3.05) is 20.3 Å². The van der Waals surface area contributed by atoms with E-state index in [0.717, 1.165) is 26.1 Å². The maximum absolute atomic E-state index is 11.0. The van der Waals surface area contributed by atoms with Crippen molar-refractivity contribution in [1.29, 1.82) is 0 Å². The predicted octanol–water partition coefficient (Wildman–Crippen LogP) is 2.00. The second kappa shape index (κ2) is 4.78. The molecule has 2 atom stereocenters. The SMILES string of the molecule is COC(=O)CC(C)C[C@]1(C)CCOC1. The second-order valence-corrected chi connectivity index (χ2v) is 4.70. The molecule has 1 aliphatic heterocycles. The lowest BCUT2D eigenvalue weighted by atomic mass is 9.80. The van der Waals surface area contributed by atoms with Crippen LogP contribution in [-0.2, 0) is 14.3 Å². The molecule has 1 rings (SSSR count). The summed E-state index contributed by atoms with van der Waals surface area (Å²) in [7, 11) is 1.44. The average molecular weight is 200 g/mol. The van der Waals surface area contributed by atoms with Crippen LogP contribution in [0.1, 0.15) is 33.1 Å². The van der Waals surface area contributed by atoms with Crippen LogP contribution in [0.2, 0.25) is 0 Å². The Balaban J connectivity index is 2.32. The summed E-state index contributed by atoms with van der Waals surface area (Å²) in [6.07, 6.45) is 2.67. The van der Waals surface area contributed by atoms with E-state index in [1.54, 1.807) is 0 Å². The fraction of sp³-hybridized carbons (Fsp3) is 0.909. The van der Waals surface area contributed by atoms with Crippen LogP contribution in [0.15, 0.2) is 0 Å². The molecule has 3 nitrogen and oxygen atoms in total. The van der Waals surface area contributed by atoms with Gasteiger partial charge in [-0.3, -0.25) is 4.79 Å². The standard InChI is InChI=1S/C11H20O3/c1-9(6-10(12)13-3)7-11(2)4-5-14-8-11/h9H,4-8H2,1-3H3/t9?,11-/m0/s1. The van der Waals surface area contributed by atoms with Gasteiger partial charge in [-0.2, -0.15) is 0 Å². The first-order valence-corrected chi connectivity index (χ1v) is 5.20. The molecule has 0 aromatic rings. The predicted molar refractivity (Wildman–Crippen MR) is 54.0 cm³/mol. The Morgan fingerprint density at radius 2 is 2.36 bits per heavy atom. The highest BCUT2D eigenvalue weighted by Gasteiger charge is 2.31. The van der Waals surface area contributed by atoms with Crippen LogP contribution in [-0.4, -0.2) is 26.3 Å². The molecule has 1 unspecified atom stereocenters. The van der Waals surface area contributed by atoms with Crippen molar-refractivity contribution >= 4 is 5.97 Å². The smallest absolute Gasteiger partial charge is 0.305 e. The topological polar surface area (TPSA) is 35.5 Å². The second-order valence-electron chi connectivity index (χ2n) is 4.70. The van der Waals surface area contributed by atoms with Crippen molar-refractivity contribution in [1.82, 2.24) is 0 Å². The summed E-state index contributed by atoms with van der Waals surface area (Å²) in [5.74, 6) is 0.272. The Hall–Kier alpha value is -0.570. The van der Waals surface area contributed by atoms with Gasteiger partial charge in [-0.25, -0.2) is 0 Å². The van der Waals surface area contributed by atoms with E-state index in [4.69, 9.17) is 4.74 Å². The van der Waals surface area contributed by atoms with E-state index in [-0.39, 0.29) is 11.4 Å². The van der Waals surface area contributed by atoms with Gasteiger partial charge < -0.3 is 9.47 Å². The summed E-state index contributed by atoms with van der Waals surface area (Å²) < 4.78 is 10.0. The Labute approximate surface area is 85.8 Å². The number of methoxy groups -OCH3 is 1. The van der Waals surface area contributed by atoms with Crippen molar-refractivity contribution in [3.63, 3.8) is 0 Å². The van der Waals surface area contributed by atoms with Crippen LogP contribution in [0.4, 0.5) is 0 Å².